The van der Waals surface area contributed by atoms with Gasteiger partial charge in [0, 0.05) is 20.6 Å². The van der Waals surface area contributed by atoms with Gasteiger partial charge in [-0.05, 0) is 24.8 Å². The van der Waals surface area contributed by atoms with Crippen molar-refractivity contribution >= 4 is 11.9 Å². The first-order valence-electron chi connectivity index (χ1n) is 8.00. The zero-order valence-electron chi connectivity index (χ0n) is 13.9. The number of nitrogens with one attached hydrogen (secondary N) is 1. The second-order valence-corrected chi connectivity index (χ2v) is 5.95. The maximum Gasteiger partial charge on any atom is 0.251 e. The van der Waals surface area contributed by atoms with Crippen molar-refractivity contribution in [3.63, 3.8) is 0 Å². The number of ether oxygens (including phenoxy) is 1. The number of carbonyl (C=O) groups is 1. The van der Waals surface area contributed by atoms with Crippen LogP contribution in [0.4, 0.5) is 0 Å². The summed E-state index contributed by atoms with van der Waals surface area (Å²) >= 11 is 0. The fourth-order valence-electron chi connectivity index (χ4n) is 2.55. The summed E-state index contributed by atoms with van der Waals surface area (Å²) in [6.07, 6.45) is 2.12. The molecule has 0 aliphatic carbocycles. The van der Waals surface area contributed by atoms with Gasteiger partial charge in [-0.1, -0.05) is 30.3 Å². The van der Waals surface area contributed by atoms with Crippen LogP contribution in [0.15, 0.2) is 35.3 Å². The van der Waals surface area contributed by atoms with Gasteiger partial charge in [-0.25, -0.2) is 0 Å². The highest BCUT2D eigenvalue weighted by Crippen LogP contribution is 2.21. The molecule has 1 fully saturated rings. The lowest BCUT2D eigenvalue weighted by Crippen LogP contribution is -2.35. The molecule has 3 N–H and O–H groups in total. The summed E-state index contributed by atoms with van der Waals surface area (Å²) in [6, 6.07) is 10.2. The van der Waals surface area contributed by atoms with Crippen LogP contribution in [0.25, 0.3) is 0 Å². The Kier molecular flexibility index (Phi) is 6.40. The van der Waals surface area contributed by atoms with Crippen molar-refractivity contribution in [1.82, 2.24) is 10.2 Å². The van der Waals surface area contributed by atoms with Crippen molar-refractivity contribution in [3.8, 4) is 0 Å². The van der Waals surface area contributed by atoms with Gasteiger partial charge in [0.1, 0.15) is 6.10 Å². The van der Waals surface area contributed by atoms with E-state index in [9.17, 15) is 4.79 Å². The Morgan fingerprint density at radius 3 is 2.78 bits per heavy atom. The highest BCUT2D eigenvalue weighted by Gasteiger charge is 2.31. The first-order chi connectivity index (χ1) is 11.1. The number of guanidine groups is 1. The average molecular weight is 318 g/mol. The molecule has 2 unspecified atom stereocenters. The molecule has 0 saturated carbocycles. The Labute approximate surface area is 137 Å². The minimum Gasteiger partial charge on any atom is -0.370 e. The summed E-state index contributed by atoms with van der Waals surface area (Å²) < 4.78 is 5.73. The van der Waals surface area contributed by atoms with Crippen LogP contribution in [0.2, 0.25) is 0 Å². The summed E-state index contributed by atoms with van der Waals surface area (Å²) in [5.41, 5.74) is 7.13. The van der Waals surface area contributed by atoms with Gasteiger partial charge in [0.05, 0.1) is 12.6 Å². The van der Waals surface area contributed by atoms with E-state index >= 15 is 0 Å². The molecule has 1 aliphatic rings. The van der Waals surface area contributed by atoms with Crippen molar-refractivity contribution in [2.45, 2.75) is 31.5 Å². The minimum atomic E-state index is -0.336. The molecule has 23 heavy (non-hydrogen) atoms. The quantitative estimate of drug-likeness (QED) is 0.600. The molecular formula is C17H26N4O2. The standard InChI is InChI=1S/C17H26N4O2/c1-21(2)16(22)15-9-8-14(23-15)12-20-17(18)19-11-10-13-6-4-3-5-7-13/h3-7,14-15H,8-12H2,1-2H3,(H3,18,19,20). The van der Waals surface area contributed by atoms with E-state index in [0.29, 0.717) is 12.5 Å². The van der Waals surface area contributed by atoms with Gasteiger partial charge in [0.25, 0.3) is 5.91 Å². The topological polar surface area (TPSA) is 80.0 Å². The number of benzene rings is 1. The summed E-state index contributed by atoms with van der Waals surface area (Å²) in [5, 5.41) is 3.10. The van der Waals surface area contributed by atoms with Gasteiger partial charge in [-0.3, -0.25) is 9.79 Å². The largest absolute Gasteiger partial charge is 0.370 e. The number of carbonyl (C=O) groups excluding carboxylic acids is 1. The molecule has 6 heteroatoms. The van der Waals surface area contributed by atoms with Gasteiger partial charge in [0.15, 0.2) is 5.96 Å². The normalized spacial score (nSPS) is 21.2. The maximum absolute atomic E-state index is 11.8. The predicted octanol–water partition coefficient (Wildman–Crippen LogP) is 0.769. The Hall–Kier alpha value is -2.08. The van der Waals surface area contributed by atoms with E-state index in [4.69, 9.17) is 10.5 Å². The van der Waals surface area contributed by atoms with E-state index in [1.165, 1.54) is 5.56 Å². The van der Waals surface area contributed by atoms with Crippen LogP contribution in [0.1, 0.15) is 18.4 Å². The molecule has 1 aliphatic heterocycles. The number of nitrogens with zero attached hydrogens (tertiary/aromatic N) is 2. The van der Waals surface area contributed by atoms with Crippen LogP contribution in [-0.4, -0.2) is 56.2 Å². The lowest BCUT2D eigenvalue weighted by molar-refractivity contribution is -0.140. The number of amides is 1. The highest BCUT2D eigenvalue weighted by atomic mass is 16.5. The molecule has 1 amide bonds. The summed E-state index contributed by atoms with van der Waals surface area (Å²) in [7, 11) is 3.48. The van der Waals surface area contributed by atoms with E-state index in [-0.39, 0.29) is 18.1 Å². The number of hydrogen-bond donors (Lipinski definition) is 2. The van der Waals surface area contributed by atoms with E-state index in [2.05, 4.69) is 22.4 Å². The molecule has 0 radical (unpaired) electrons. The average Bonchev–Trinajstić information content (AvgIpc) is 3.02. The van der Waals surface area contributed by atoms with Crippen LogP contribution in [-0.2, 0) is 16.0 Å². The second kappa shape index (κ2) is 8.53. The van der Waals surface area contributed by atoms with Crippen molar-refractivity contribution in [2.24, 2.45) is 10.7 Å². The number of nitrogens with two attached hydrogens (primary N) is 1. The van der Waals surface area contributed by atoms with Crippen molar-refractivity contribution < 1.29 is 9.53 Å². The molecule has 0 bridgehead atoms. The van der Waals surface area contributed by atoms with Gasteiger partial charge >= 0.3 is 0 Å². The van der Waals surface area contributed by atoms with Crippen molar-refractivity contribution in [1.29, 1.82) is 0 Å². The third-order valence-corrected chi connectivity index (χ3v) is 3.85. The van der Waals surface area contributed by atoms with Crippen LogP contribution in [0.3, 0.4) is 0 Å². The third kappa shape index (κ3) is 5.56. The van der Waals surface area contributed by atoms with Gasteiger partial charge in [0.2, 0.25) is 0 Å². The highest BCUT2D eigenvalue weighted by molar-refractivity contribution is 5.80. The fourth-order valence-corrected chi connectivity index (χ4v) is 2.55. The zero-order chi connectivity index (χ0) is 16.7. The first-order valence-corrected chi connectivity index (χ1v) is 8.00. The zero-order valence-corrected chi connectivity index (χ0v) is 13.9. The van der Waals surface area contributed by atoms with Crippen LogP contribution in [0, 0.1) is 0 Å². The first kappa shape index (κ1) is 17.3. The molecule has 2 atom stereocenters. The summed E-state index contributed by atoms with van der Waals surface area (Å²) in [4.78, 5) is 17.7. The van der Waals surface area contributed by atoms with Crippen molar-refractivity contribution in [3.05, 3.63) is 35.9 Å². The molecule has 0 aromatic heterocycles. The molecule has 126 valence electrons. The molecule has 1 aromatic rings. The van der Waals surface area contributed by atoms with Crippen LogP contribution >= 0.6 is 0 Å². The summed E-state index contributed by atoms with van der Waals surface area (Å²) in [6.45, 7) is 1.23. The lowest BCUT2D eigenvalue weighted by Gasteiger charge is -2.16. The molecule has 1 heterocycles. The lowest BCUT2D eigenvalue weighted by atomic mass is 10.1. The molecule has 1 aromatic carbocycles. The SMILES string of the molecule is CN(C)C(=O)C1CCC(CN=C(N)NCCc2ccccc2)O1. The second-order valence-electron chi connectivity index (χ2n) is 5.95. The maximum atomic E-state index is 11.8. The van der Waals surface area contributed by atoms with E-state index in [1.54, 1.807) is 19.0 Å². The molecule has 0 spiro atoms. The van der Waals surface area contributed by atoms with E-state index in [0.717, 1.165) is 25.8 Å². The number of rotatable bonds is 6. The van der Waals surface area contributed by atoms with E-state index < -0.39 is 0 Å². The fraction of sp³-hybridized carbons (Fsp3) is 0.529. The number of aliphatic imine (C=N–C) groups is 1. The van der Waals surface area contributed by atoms with E-state index in [1.807, 2.05) is 18.2 Å². The number of likely N-dealkylation sites (N-methyl/N-ethyl adjacent to an activating group) is 1. The monoisotopic (exact) mass is 318 g/mol. The van der Waals surface area contributed by atoms with Crippen molar-refractivity contribution in [2.75, 3.05) is 27.2 Å². The Balaban J connectivity index is 1.68. The molecule has 1 saturated heterocycles. The molecule has 2 rings (SSSR count). The van der Waals surface area contributed by atoms with Crippen LogP contribution < -0.4 is 11.1 Å². The molecular weight excluding hydrogens is 292 g/mol. The predicted molar refractivity (Wildman–Crippen MR) is 91.2 cm³/mol. The minimum absolute atomic E-state index is 0.0189. The Morgan fingerprint density at radius 1 is 1.35 bits per heavy atom. The third-order valence-electron chi connectivity index (χ3n) is 3.85. The summed E-state index contributed by atoms with van der Waals surface area (Å²) in [5.74, 6) is 0.442. The van der Waals surface area contributed by atoms with Gasteiger partial charge < -0.3 is 20.7 Å². The Morgan fingerprint density at radius 2 is 2.09 bits per heavy atom. The Bertz CT molecular complexity index is 531. The van der Waals surface area contributed by atoms with Gasteiger partial charge in [-0.2, -0.15) is 0 Å². The van der Waals surface area contributed by atoms with Crippen LogP contribution in [0.5, 0.6) is 0 Å². The molecule has 6 nitrogen and oxygen atoms in total. The number of hydrogen-bond acceptors (Lipinski definition) is 3. The van der Waals surface area contributed by atoms with Gasteiger partial charge in [-0.15, -0.1) is 0 Å². The smallest absolute Gasteiger partial charge is 0.251 e.